The third-order valence-electron chi connectivity index (χ3n) is 4.45. The Balaban J connectivity index is 2.07. The van der Waals surface area contributed by atoms with Gasteiger partial charge in [0.15, 0.2) is 0 Å². The standard InChI is InChI=1S/C17H26ClNO/c1-3-4-13-5-6-14(11-19)17(10-13)20-16-8-7-15(18)9-12(16)2/h7-9,13-14,17H,3-6,10-11,19H2,1-2H3. The summed E-state index contributed by atoms with van der Waals surface area (Å²) in [5.41, 5.74) is 7.03. The van der Waals surface area contributed by atoms with E-state index in [2.05, 4.69) is 6.92 Å². The first-order chi connectivity index (χ1) is 9.63. The van der Waals surface area contributed by atoms with E-state index in [-0.39, 0.29) is 6.10 Å². The highest BCUT2D eigenvalue weighted by Crippen LogP contribution is 2.35. The molecule has 0 spiro atoms. The first-order valence-electron chi connectivity index (χ1n) is 7.77. The first-order valence-corrected chi connectivity index (χ1v) is 8.14. The van der Waals surface area contributed by atoms with Crippen molar-refractivity contribution >= 4 is 11.6 Å². The Morgan fingerprint density at radius 1 is 1.35 bits per heavy atom. The lowest BCUT2D eigenvalue weighted by Gasteiger charge is -2.36. The molecule has 0 aromatic heterocycles. The summed E-state index contributed by atoms with van der Waals surface area (Å²) in [6.07, 6.45) is 6.44. The first kappa shape index (κ1) is 15.7. The van der Waals surface area contributed by atoms with Gasteiger partial charge in [-0.25, -0.2) is 0 Å². The zero-order valence-corrected chi connectivity index (χ0v) is 13.3. The minimum absolute atomic E-state index is 0.255. The molecule has 3 heteroatoms. The van der Waals surface area contributed by atoms with Gasteiger partial charge in [0.1, 0.15) is 11.9 Å². The van der Waals surface area contributed by atoms with Gasteiger partial charge in [0.05, 0.1) is 0 Å². The van der Waals surface area contributed by atoms with Crippen LogP contribution in [0.2, 0.25) is 5.02 Å². The average molecular weight is 296 g/mol. The molecule has 0 radical (unpaired) electrons. The summed E-state index contributed by atoms with van der Waals surface area (Å²) >= 11 is 6.00. The Hall–Kier alpha value is -0.730. The van der Waals surface area contributed by atoms with Crippen LogP contribution in [0, 0.1) is 18.8 Å². The van der Waals surface area contributed by atoms with Gasteiger partial charge in [0.25, 0.3) is 0 Å². The van der Waals surface area contributed by atoms with E-state index < -0.39 is 0 Å². The highest BCUT2D eigenvalue weighted by molar-refractivity contribution is 6.30. The Kier molecular flexibility index (Phi) is 5.74. The summed E-state index contributed by atoms with van der Waals surface area (Å²) in [6.45, 7) is 5.02. The number of hydrogen-bond acceptors (Lipinski definition) is 2. The molecule has 2 N–H and O–H groups in total. The smallest absolute Gasteiger partial charge is 0.122 e. The molecule has 3 unspecified atom stereocenters. The van der Waals surface area contributed by atoms with Gasteiger partial charge in [-0.05, 0) is 62.4 Å². The molecule has 2 nitrogen and oxygen atoms in total. The quantitative estimate of drug-likeness (QED) is 0.863. The number of ether oxygens (including phenoxy) is 1. The summed E-state index contributed by atoms with van der Waals surface area (Å²) in [5.74, 6) is 2.23. The van der Waals surface area contributed by atoms with Gasteiger partial charge in [0, 0.05) is 10.9 Å². The van der Waals surface area contributed by atoms with Crippen LogP contribution in [0.1, 0.15) is 44.6 Å². The van der Waals surface area contributed by atoms with E-state index in [1.165, 1.54) is 25.7 Å². The van der Waals surface area contributed by atoms with E-state index in [4.69, 9.17) is 22.1 Å². The van der Waals surface area contributed by atoms with Gasteiger partial charge in [-0.15, -0.1) is 0 Å². The van der Waals surface area contributed by atoms with E-state index in [0.717, 1.165) is 35.2 Å². The van der Waals surface area contributed by atoms with Crippen LogP contribution in [0.5, 0.6) is 5.75 Å². The molecule has 1 aromatic rings. The molecule has 3 atom stereocenters. The van der Waals surface area contributed by atoms with Gasteiger partial charge in [-0.3, -0.25) is 0 Å². The fraction of sp³-hybridized carbons (Fsp3) is 0.647. The van der Waals surface area contributed by atoms with E-state index >= 15 is 0 Å². The molecule has 1 aliphatic carbocycles. The van der Waals surface area contributed by atoms with Gasteiger partial charge in [0.2, 0.25) is 0 Å². The zero-order chi connectivity index (χ0) is 14.5. The lowest BCUT2D eigenvalue weighted by molar-refractivity contribution is 0.0663. The second-order valence-corrected chi connectivity index (χ2v) is 6.47. The molecule has 0 amide bonds. The normalized spacial score (nSPS) is 26.5. The van der Waals surface area contributed by atoms with E-state index in [1.807, 2.05) is 25.1 Å². The maximum absolute atomic E-state index is 6.28. The number of benzene rings is 1. The second-order valence-electron chi connectivity index (χ2n) is 6.03. The predicted octanol–water partition coefficient (Wildman–Crippen LogP) is 4.57. The van der Waals surface area contributed by atoms with Crippen LogP contribution in [-0.2, 0) is 0 Å². The fourth-order valence-electron chi connectivity index (χ4n) is 3.27. The van der Waals surface area contributed by atoms with Crippen LogP contribution >= 0.6 is 11.6 Å². The molecule has 1 aromatic carbocycles. The van der Waals surface area contributed by atoms with E-state index in [0.29, 0.717) is 5.92 Å². The molecule has 0 saturated heterocycles. The Bertz CT molecular complexity index is 435. The molecule has 0 heterocycles. The maximum atomic E-state index is 6.28. The molecule has 0 aliphatic heterocycles. The van der Waals surface area contributed by atoms with Crippen LogP contribution in [0.25, 0.3) is 0 Å². The molecule has 1 aliphatic rings. The van der Waals surface area contributed by atoms with Gasteiger partial charge >= 0.3 is 0 Å². The number of rotatable bonds is 5. The van der Waals surface area contributed by atoms with Crippen LogP contribution in [0.3, 0.4) is 0 Å². The predicted molar refractivity (Wildman–Crippen MR) is 85.4 cm³/mol. The molecule has 112 valence electrons. The lowest BCUT2D eigenvalue weighted by Crippen LogP contribution is -2.38. The molecule has 1 fully saturated rings. The second kappa shape index (κ2) is 7.33. The number of halogens is 1. The SMILES string of the molecule is CCCC1CCC(CN)C(Oc2ccc(Cl)cc2C)C1. The summed E-state index contributed by atoms with van der Waals surface area (Å²) in [7, 11) is 0. The number of hydrogen-bond donors (Lipinski definition) is 1. The Morgan fingerprint density at radius 3 is 2.80 bits per heavy atom. The van der Waals surface area contributed by atoms with Gasteiger partial charge < -0.3 is 10.5 Å². The van der Waals surface area contributed by atoms with Crippen LogP contribution in [0.15, 0.2) is 18.2 Å². The number of aryl methyl sites for hydroxylation is 1. The summed E-state index contributed by atoms with van der Waals surface area (Å²) < 4.78 is 6.28. The molecule has 1 saturated carbocycles. The highest BCUT2D eigenvalue weighted by atomic mass is 35.5. The molecular formula is C17H26ClNO. The van der Waals surface area contributed by atoms with Gasteiger partial charge in [-0.2, -0.15) is 0 Å². The fourth-order valence-corrected chi connectivity index (χ4v) is 3.49. The van der Waals surface area contributed by atoms with Crippen molar-refractivity contribution in [1.29, 1.82) is 0 Å². The highest BCUT2D eigenvalue weighted by Gasteiger charge is 2.31. The van der Waals surface area contributed by atoms with Crippen LogP contribution in [0.4, 0.5) is 0 Å². The molecule has 0 bridgehead atoms. The third-order valence-corrected chi connectivity index (χ3v) is 4.69. The third kappa shape index (κ3) is 3.89. The van der Waals surface area contributed by atoms with Crippen molar-refractivity contribution < 1.29 is 4.74 Å². The summed E-state index contributed by atoms with van der Waals surface area (Å²) in [6, 6.07) is 5.84. The maximum Gasteiger partial charge on any atom is 0.122 e. The largest absolute Gasteiger partial charge is 0.490 e. The summed E-state index contributed by atoms with van der Waals surface area (Å²) in [5, 5.41) is 0.762. The van der Waals surface area contributed by atoms with Crippen molar-refractivity contribution in [2.45, 2.75) is 52.1 Å². The monoisotopic (exact) mass is 295 g/mol. The van der Waals surface area contributed by atoms with Crippen molar-refractivity contribution in [3.05, 3.63) is 28.8 Å². The van der Waals surface area contributed by atoms with Crippen molar-refractivity contribution in [2.75, 3.05) is 6.54 Å². The van der Waals surface area contributed by atoms with Crippen LogP contribution < -0.4 is 10.5 Å². The van der Waals surface area contributed by atoms with Crippen LogP contribution in [-0.4, -0.2) is 12.6 Å². The topological polar surface area (TPSA) is 35.2 Å². The average Bonchev–Trinajstić information content (AvgIpc) is 2.43. The van der Waals surface area contributed by atoms with Gasteiger partial charge in [-0.1, -0.05) is 31.4 Å². The zero-order valence-electron chi connectivity index (χ0n) is 12.6. The number of nitrogens with two attached hydrogens (primary N) is 1. The minimum atomic E-state index is 0.255. The lowest BCUT2D eigenvalue weighted by atomic mass is 9.78. The molecular weight excluding hydrogens is 270 g/mol. The van der Waals surface area contributed by atoms with Crippen molar-refractivity contribution in [3.63, 3.8) is 0 Å². The van der Waals surface area contributed by atoms with Crippen molar-refractivity contribution in [1.82, 2.24) is 0 Å². The minimum Gasteiger partial charge on any atom is -0.490 e. The van der Waals surface area contributed by atoms with Crippen molar-refractivity contribution in [2.24, 2.45) is 17.6 Å². The molecule has 20 heavy (non-hydrogen) atoms. The van der Waals surface area contributed by atoms with Crippen molar-refractivity contribution in [3.8, 4) is 5.75 Å². The Morgan fingerprint density at radius 2 is 2.15 bits per heavy atom. The summed E-state index contributed by atoms with van der Waals surface area (Å²) in [4.78, 5) is 0. The van der Waals surface area contributed by atoms with E-state index in [9.17, 15) is 0 Å². The Labute approximate surface area is 127 Å². The molecule has 2 rings (SSSR count). The van der Waals surface area contributed by atoms with E-state index in [1.54, 1.807) is 0 Å².